The lowest BCUT2D eigenvalue weighted by Gasteiger charge is -2.46. The fourth-order valence-corrected chi connectivity index (χ4v) is 6.67. The quantitative estimate of drug-likeness (QED) is 0.0552. The van der Waals surface area contributed by atoms with Crippen molar-refractivity contribution in [2.45, 2.75) is 180 Å². The number of aliphatic hydroxyl groups is 2. The molecule has 590 valence electrons. The maximum absolute atomic E-state index is 14.5. The zero-order valence-electron chi connectivity index (χ0n) is 44.2. The zero-order chi connectivity index (χ0) is 81.5. The van der Waals surface area contributed by atoms with Crippen molar-refractivity contribution in [1.82, 2.24) is 0 Å². The van der Waals surface area contributed by atoms with Gasteiger partial charge in [-0.2, -0.15) is 237 Å². The number of aliphatic hydroxyl groups excluding tert-OH is 2. The smallest absolute Gasteiger partial charge is 0.459 e. The lowest BCUT2D eigenvalue weighted by atomic mass is 9.83. The number of rotatable bonds is 32. The third kappa shape index (κ3) is 12.4. The highest BCUT2D eigenvalue weighted by Gasteiger charge is 3.03. The van der Waals surface area contributed by atoms with Crippen LogP contribution in [0.15, 0.2) is 24.3 Å². The molecule has 1 aromatic carbocycles. The number of esters is 2. The van der Waals surface area contributed by atoms with Crippen LogP contribution in [-0.4, -0.2) is 202 Å². The average Bonchev–Trinajstić information content (AvgIpc) is 0.686. The molecule has 100 heavy (non-hydrogen) atoms. The van der Waals surface area contributed by atoms with Gasteiger partial charge in [0.25, 0.3) is 0 Å². The highest BCUT2D eigenvalue weighted by Crippen LogP contribution is 2.72. The Balaban J connectivity index is 3.58. The molecule has 60 heteroatoms. The van der Waals surface area contributed by atoms with Crippen LogP contribution in [0.5, 0.6) is 0 Å². The van der Waals surface area contributed by atoms with Crippen molar-refractivity contribution in [1.29, 1.82) is 0 Å². The van der Waals surface area contributed by atoms with Crippen LogP contribution in [0.4, 0.5) is 237 Å². The van der Waals surface area contributed by atoms with Gasteiger partial charge in [0.15, 0.2) is 0 Å². The first-order valence-electron chi connectivity index (χ1n) is 22.8. The number of ether oxygens (including phenoxy) is 2. The molecule has 2 N–H and O–H groups in total. The molecule has 1 rings (SSSR count). The summed E-state index contributed by atoms with van der Waals surface area (Å²) in [5.74, 6) is -235. The van der Waals surface area contributed by atoms with Crippen LogP contribution in [0.25, 0.3) is 0 Å². The minimum atomic E-state index is -10.2. The molecule has 0 heterocycles. The Morgan fingerprint density at radius 2 is 0.370 bits per heavy atom. The van der Waals surface area contributed by atoms with Gasteiger partial charge in [0.2, 0.25) is 0 Å². The van der Waals surface area contributed by atoms with Gasteiger partial charge in [-0.3, -0.25) is 0 Å². The molecule has 2 atom stereocenters. The number of hydrogen-bond donors (Lipinski definition) is 2. The first-order valence-corrected chi connectivity index (χ1v) is 22.8. The maximum atomic E-state index is 14.5. The summed E-state index contributed by atoms with van der Waals surface area (Å²) >= 11 is 0. The lowest BCUT2D eigenvalue weighted by molar-refractivity contribution is -0.485. The fraction of sp³-hybridized carbons (Fsp3) is 0.800. The summed E-state index contributed by atoms with van der Waals surface area (Å²) in [6.07, 6.45) is -33.4. The Hall–Kier alpha value is -5.70. The van der Waals surface area contributed by atoms with Gasteiger partial charge in [-0.1, -0.05) is 12.1 Å². The minimum absolute atomic E-state index is 0.0384. The topological polar surface area (TPSA) is 93.1 Å². The zero-order valence-corrected chi connectivity index (χ0v) is 44.2. The molecular weight excluding hydrogens is 1600 g/mol. The molecule has 0 spiro atoms. The Kier molecular flexibility index (Phi) is 23.1. The molecule has 0 radical (unpaired) electrons. The third-order valence-electron chi connectivity index (χ3n) is 12.7. The molecule has 6 nitrogen and oxygen atoms in total. The van der Waals surface area contributed by atoms with E-state index in [2.05, 4.69) is 9.47 Å². The Morgan fingerprint density at radius 3 is 0.510 bits per heavy atom. The van der Waals surface area contributed by atoms with E-state index in [1.54, 1.807) is 0 Å². The van der Waals surface area contributed by atoms with E-state index in [-0.39, 0.29) is 12.1 Å². The molecule has 0 aliphatic rings. The van der Waals surface area contributed by atoms with Crippen molar-refractivity contribution in [2.75, 3.05) is 13.2 Å². The summed E-state index contributed by atoms with van der Waals surface area (Å²) < 4.78 is 754. The number of benzene rings is 1. The predicted molar refractivity (Wildman–Crippen MR) is 199 cm³/mol. The van der Waals surface area contributed by atoms with Crippen LogP contribution in [0.3, 0.4) is 0 Å². The highest BCUT2D eigenvalue weighted by atomic mass is 19.5. The third-order valence-corrected chi connectivity index (χ3v) is 12.7. The van der Waals surface area contributed by atoms with Crippen molar-refractivity contribution < 1.29 is 266 Å². The van der Waals surface area contributed by atoms with Gasteiger partial charge >= 0.3 is 166 Å². The van der Waals surface area contributed by atoms with Gasteiger partial charge in [-0.15, -0.1) is 0 Å². The van der Waals surface area contributed by atoms with Gasteiger partial charge in [-0.05, 0) is 12.1 Å². The Morgan fingerprint density at radius 1 is 0.240 bits per heavy atom. The van der Waals surface area contributed by atoms with Crippen LogP contribution in [0, 0.1) is 0 Å². The van der Waals surface area contributed by atoms with Gasteiger partial charge in [-0.25, -0.2) is 9.59 Å². The molecular formula is C40H16F54O6. The van der Waals surface area contributed by atoms with Crippen LogP contribution < -0.4 is 0 Å². The van der Waals surface area contributed by atoms with Gasteiger partial charge < -0.3 is 19.7 Å². The van der Waals surface area contributed by atoms with E-state index in [0.717, 1.165) is 0 Å². The molecule has 1 aromatic rings. The molecule has 0 aliphatic heterocycles. The molecule has 2 unspecified atom stereocenters. The van der Waals surface area contributed by atoms with Gasteiger partial charge in [0.05, 0.1) is 23.3 Å². The second-order valence-corrected chi connectivity index (χ2v) is 19.5. The highest BCUT2D eigenvalue weighted by molar-refractivity contribution is 6.03. The minimum Gasteiger partial charge on any atom is -0.459 e. The molecule has 0 bridgehead atoms. The van der Waals surface area contributed by atoms with Crippen LogP contribution >= 0.6 is 0 Å². The summed E-state index contributed by atoms with van der Waals surface area (Å²) in [6.45, 7) is -5.59. The van der Waals surface area contributed by atoms with Crippen LogP contribution in [0.2, 0.25) is 0 Å². The van der Waals surface area contributed by atoms with E-state index in [0.29, 0.717) is 12.1 Å². The molecule has 0 saturated carbocycles. The van der Waals surface area contributed by atoms with Crippen molar-refractivity contribution in [3.8, 4) is 0 Å². The first-order chi connectivity index (χ1) is 42.8. The molecule has 0 saturated heterocycles. The number of carbonyl (C=O) groups excluding carboxylic acids is 2. The predicted octanol–water partition coefficient (Wildman–Crippen LogP) is 17.9. The standard InChI is InChI=1S/C40H16F54O6/c41-15(42,17(45,46)19(49,50)21(53,54)23(57,58)25(61,62)27(65,66)29(69,70)31(73,74)33(77,78)35(81,82)37(85,86)39(89,90)91)5-9(95)7-99-13(97)11-3-1-2-4-12(11)14(98)100-8-10(96)6-16(43,44)18(47,48)20(51,52)22(55,56)24(59,60)26(63,64)28(67,68)30(71,72)32(75,76)34(79,80)36(83,84)38(87,88)40(92,93)94/h1-4,9-10,95-96H,5-8H2. The molecule has 0 fully saturated rings. The Labute approximate surface area is 507 Å². The van der Waals surface area contributed by atoms with Gasteiger partial charge in [0, 0.05) is 12.8 Å². The van der Waals surface area contributed by atoms with E-state index in [4.69, 9.17) is 0 Å². The first kappa shape index (κ1) is 92.3. The normalized spacial score (nSPS) is 17.0. The average molecular weight is 1620 g/mol. The van der Waals surface area contributed by atoms with E-state index >= 15 is 0 Å². The van der Waals surface area contributed by atoms with Crippen molar-refractivity contribution in [2.24, 2.45) is 0 Å². The molecule has 0 amide bonds. The van der Waals surface area contributed by atoms with Crippen molar-refractivity contribution in [3.63, 3.8) is 0 Å². The Bertz CT molecular complexity index is 2870. The van der Waals surface area contributed by atoms with Crippen LogP contribution in [0.1, 0.15) is 33.6 Å². The summed E-state index contributed by atoms with van der Waals surface area (Å²) in [6, 6.07) is 0.556. The lowest BCUT2D eigenvalue weighted by Crippen LogP contribution is -2.78. The summed E-state index contributed by atoms with van der Waals surface area (Å²) in [4.78, 5) is 25.0. The number of halogens is 54. The maximum Gasteiger partial charge on any atom is 0.460 e. The molecule has 0 aliphatic carbocycles. The number of alkyl halides is 54. The van der Waals surface area contributed by atoms with E-state index in [1.807, 2.05) is 0 Å². The van der Waals surface area contributed by atoms with Crippen molar-refractivity contribution in [3.05, 3.63) is 35.4 Å². The number of carbonyl (C=O) groups is 2. The summed E-state index contributed by atoms with van der Waals surface area (Å²) in [5, 5.41) is 19.2. The van der Waals surface area contributed by atoms with E-state index in [9.17, 15) is 257 Å². The summed E-state index contributed by atoms with van der Waals surface area (Å²) in [5.41, 5.74) is -3.67. The SMILES string of the molecule is O=C(OCC(O)CC(F)(F)C(F)(F)C(F)(F)C(F)(F)C(F)(F)C(F)(F)C(F)(F)C(F)(F)C(F)(F)C(F)(F)C(F)(F)C(F)(F)C(F)(F)F)c1ccccc1C(=O)OCC(O)CC(F)(F)C(F)(F)C(F)(F)C(F)(F)C(F)(F)C(F)(F)C(F)(F)C(F)(F)C(F)(F)C(F)(F)C(F)(F)C(F)(F)C(F)(F)F. The monoisotopic (exact) mass is 1620 g/mol. The second kappa shape index (κ2) is 25.0. The largest absolute Gasteiger partial charge is 0.460 e. The second-order valence-electron chi connectivity index (χ2n) is 19.5. The number of hydrogen-bond acceptors (Lipinski definition) is 6. The van der Waals surface area contributed by atoms with Gasteiger partial charge in [0.1, 0.15) is 13.2 Å². The van der Waals surface area contributed by atoms with E-state index < -0.39 is 216 Å². The summed E-state index contributed by atoms with van der Waals surface area (Å²) in [7, 11) is 0. The van der Waals surface area contributed by atoms with E-state index in [1.165, 1.54) is 0 Å². The fourth-order valence-electron chi connectivity index (χ4n) is 6.67. The molecule has 0 aromatic heterocycles. The van der Waals surface area contributed by atoms with Crippen LogP contribution in [-0.2, 0) is 9.47 Å². The van der Waals surface area contributed by atoms with Crippen molar-refractivity contribution >= 4 is 11.9 Å².